The van der Waals surface area contributed by atoms with Crippen LogP contribution in [0.1, 0.15) is 39.7 Å². The Morgan fingerprint density at radius 1 is 1.39 bits per heavy atom. The van der Waals surface area contributed by atoms with E-state index in [1.54, 1.807) is 17.0 Å². The molecule has 0 heterocycles. The number of nitrogens with one attached hydrogen (secondary N) is 1. The Labute approximate surface area is 146 Å². The van der Waals surface area contributed by atoms with E-state index in [9.17, 15) is 9.18 Å². The molecule has 0 radical (unpaired) electrons. The van der Waals surface area contributed by atoms with Gasteiger partial charge in [0.1, 0.15) is 11.4 Å². The molecule has 0 aliphatic rings. The molecule has 0 bridgehead atoms. The van der Waals surface area contributed by atoms with E-state index < -0.39 is 5.60 Å². The van der Waals surface area contributed by atoms with E-state index >= 15 is 0 Å². The van der Waals surface area contributed by atoms with Gasteiger partial charge in [-0.05, 0) is 58.9 Å². The second-order valence-corrected chi connectivity index (χ2v) is 7.24. The Kier molecular flexibility index (Phi) is 7.99. The second kappa shape index (κ2) is 9.23. The molecule has 0 aromatic heterocycles. The lowest BCUT2D eigenvalue weighted by molar-refractivity contribution is 0.0258. The molecule has 0 spiro atoms. The Morgan fingerprint density at radius 3 is 2.70 bits per heavy atom. The maximum Gasteiger partial charge on any atom is 0.410 e. The zero-order chi connectivity index (χ0) is 17.5. The molecule has 0 atom stereocenters. The Balaban J connectivity index is 2.32. The molecule has 1 amide bonds. The normalized spacial score (nSPS) is 11.4. The summed E-state index contributed by atoms with van der Waals surface area (Å²) in [5.41, 5.74) is 0.139. The molecule has 1 aromatic rings. The number of amides is 1. The summed E-state index contributed by atoms with van der Waals surface area (Å²) >= 11 is 3.33. The van der Waals surface area contributed by atoms with Crippen LogP contribution in [0, 0.1) is 5.82 Å². The molecule has 0 unspecified atom stereocenters. The van der Waals surface area contributed by atoms with Crippen molar-refractivity contribution in [3.63, 3.8) is 0 Å². The topological polar surface area (TPSA) is 41.6 Å². The van der Waals surface area contributed by atoms with E-state index in [0.717, 1.165) is 10.9 Å². The molecule has 0 aliphatic heterocycles. The minimum absolute atomic E-state index is 0.218. The van der Waals surface area contributed by atoms with Crippen molar-refractivity contribution in [3.05, 3.63) is 34.1 Å². The van der Waals surface area contributed by atoms with Crippen LogP contribution in [0.2, 0.25) is 0 Å². The lowest BCUT2D eigenvalue weighted by Gasteiger charge is -2.26. The first-order valence-corrected chi connectivity index (χ1v) is 8.65. The standard InChI is InChI=1S/C17H26BrFN2O2/c1-5-21(16(22)23-17(2,3)4)10-6-9-20-12-13-11-14(18)7-8-15(13)19/h7-8,11,20H,5-6,9-10,12H2,1-4H3. The molecular weight excluding hydrogens is 363 g/mol. The van der Waals surface area contributed by atoms with Gasteiger partial charge in [-0.3, -0.25) is 0 Å². The molecule has 0 fully saturated rings. The number of halogens is 2. The highest BCUT2D eigenvalue weighted by molar-refractivity contribution is 9.10. The molecule has 0 saturated carbocycles. The van der Waals surface area contributed by atoms with Crippen molar-refractivity contribution in [2.75, 3.05) is 19.6 Å². The predicted molar refractivity (Wildman–Crippen MR) is 93.9 cm³/mol. The summed E-state index contributed by atoms with van der Waals surface area (Å²) in [7, 11) is 0. The van der Waals surface area contributed by atoms with Crippen LogP contribution in [-0.2, 0) is 11.3 Å². The number of benzene rings is 1. The van der Waals surface area contributed by atoms with Gasteiger partial charge in [-0.2, -0.15) is 0 Å². The van der Waals surface area contributed by atoms with Crippen LogP contribution in [0.4, 0.5) is 9.18 Å². The Morgan fingerprint density at radius 2 is 2.09 bits per heavy atom. The monoisotopic (exact) mass is 388 g/mol. The third-order valence-electron chi connectivity index (χ3n) is 3.14. The van der Waals surface area contributed by atoms with Crippen molar-refractivity contribution in [2.24, 2.45) is 0 Å². The summed E-state index contributed by atoms with van der Waals surface area (Å²) in [6.45, 7) is 9.87. The zero-order valence-electron chi connectivity index (χ0n) is 14.3. The van der Waals surface area contributed by atoms with Crippen LogP contribution in [0.25, 0.3) is 0 Å². The van der Waals surface area contributed by atoms with Gasteiger partial charge >= 0.3 is 6.09 Å². The van der Waals surface area contributed by atoms with Gasteiger partial charge in [0.15, 0.2) is 0 Å². The molecule has 1 aromatic carbocycles. The van der Waals surface area contributed by atoms with E-state index in [4.69, 9.17) is 4.74 Å². The highest BCUT2D eigenvalue weighted by atomic mass is 79.9. The van der Waals surface area contributed by atoms with E-state index in [2.05, 4.69) is 21.2 Å². The van der Waals surface area contributed by atoms with Crippen molar-refractivity contribution >= 4 is 22.0 Å². The number of hydrogen-bond donors (Lipinski definition) is 1. The van der Waals surface area contributed by atoms with Gasteiger partial charge in [0.25, 0.3) is 0 Å². The summed E-state index contributed by atoms with van der Waals surface area (Å²) < 4.78 is 19.8. The minimum Gasteiger partial charge on any atom is -0.444 e. The second-order valence-electron chi connectivity index (χ2n) is 6.33. The first-order valence-electron chi connectivity index (χ1n) is 7.85. The van der Waals surface area contributed by atoms with E-state index in [-0.39, 0.29) is 11.9 Å². The number of ether oxygens (including phenoxy) is 1. The fourth-order valence-corrected chi connectivity index (χ4v) is 2.41. The molecule has 0 aliphatic carbocycles. The first kappa shape index (κ1) is 19.9. The highest BCUT2D eigenvalue weighted by Gasteiger charge is 2.20. The summed E-state index contributed by atoms with van der Waals surface area (Å²) in [4.78, 5) is 13.7. The van der Waals surface area contributed by atoms with Gasteiger partial charge in [0.05, 0.1) is 0 Å². The quantitative estimate of drug-likeness (QED) is 0.706. The average molecular weight is 389 g/mol. The van der Waals surface area contributed by atoms with Gasteiger partial charge in [0.2, 0.25) is 0 Å². The van der Waals surface area contributed by atoms with Gasteiger partial charge in [-0.25, -0.2) is 9.18 Å². The molecule has 23 heavy (non-hydrogen) atoms. The maximum atomic E-state index is 13.6. The van der Waals surface area contributed by atoms with Crippen LogP contribution in [0.3, 0.4) is 0 Å². The van der Waals surface area contributed by atoms with Crippen molar-refractivity contribution in [1.29, 1.82) is 0 Å². The minimum atomic E-state index is -0.485. The fraction of sp³-hybridized carbons (Fsp3) is 0.588. The largest absolute Gasteiger partial charge is 0.444 e. The molecular formula is C17H26BrFN2O2. The summed E-state index contributed by atoms with van der Waals surface area (Å²) in [5, 5.41) is 3.20. The van der Waals surface area contributed by atoms with Crippen molar-refractivity contribution in [1.82, 2.24) is 10.2 Å². The van der Waals surface area contributed by atoms with Gasteiger partial charge in [-0.1, -0.05) is 15.9 Å². The van der Waals surface area contributed by atoms with Crippen molar-refractivity contribution in [3.8, 4) is 0 Å². The number of hydrogen-bond acceptors (Lipinski definition) is 3. The lowest BCUT2D eigenvalue weighted by atomic mass is 10.2. The van der Waals surface area contributed by atoms with Crippen LogP contribution in [-0.4, -0.2) is 36.2 Å². The summed E-state index contributed by atoms with van der Waals surface area (Å²) in [5.74, 6) is -0.218. The van der Waals surface area contributed by atoms with E-state index in [1.807, 2.05) is 27.7 Å². The molecule has 6 heteroatoms. The fourth-order valence-electron chi connectivity index (χ4n) is 2.00. The number of carbonyl (C=O) groups is 1. The highest BCUT2D eigenvalue weighted by Crippen LogP contribution is 2.15. The first-order chi connectivity index (χ1) is 10.7. The van der Waals surface area contributed by atoms with Crippen LogP contribution in [0.5, 0.6) is 0 Å². The van der Waals surface area contributed by atoms with Crippen LogP contribution in [0.15, 0.2) is 22.7 Å². The van der Waals surface area contributed by atoms with Gasteiger partial charge in [-0.15, -0.1) is 0 Å². The van der Waals surface area contributed by atoms with Crippen molar-refractivity contribution < 1.29 is 13.9 Å². The van der Waals surface area contributed by atoms with Crippen LogP contribution < -0.4 is 5.32 Å². The zero-order valence-corrected chi connectivity index (χ0v) is 15.9. The SMILES string of the molecule is CCN(CCCNCc1cc(Br)ccc1F)C(=O)OC(C)(C)C. The molecule has 4 nitrogen and oxygen atoms in total. The Bertz CT molecular complexity index is 518. The average Bonchev–Trinajstić information content (AvgIpc) is 2.44. The molecule has 1 N–H and O–H groups in total. The third kappa shape index (κ3) is 7.79. The molecule has 130 valence electrons. The van der Waals surface area contributed by atoms with Crippen molar-refractivity contribution in [2.45, 2.75) is 46.3 Å². The maximum absolute atomic E-state index is 13.6. The number of carbonyl (C=O) groups excluding carboxylic acids is 1. The third-order valence-corrected chi connectivity index (χ3v) is 3.63. The van der Waals surface area contributed by atoms with Gasteiger partial charge in [0, 0.05) is 29.7 Å². The Hall–Kier alpha value is -1.14. The van der Waals surface area contributed by atoms with Crippen LogP contribution >= 0.6 is 15.9 Å². The van der Waals surface area contributed by atoms with Gasteiger partial charge < -0.3 is 15.0 Å². The molecule has 1 rings (SSSR count). The number of nitrogens with zero attached hydrogens (tertiary/aromatic N) is 1. The van der Waals surface area contributed by atoms with E-state index in [0.29, 0.717) is 31.7 Å². The summed E-state index contributed by atoms with van der Waals surface area (Å²) in [6.07, 6.45) is 0.487. The lowest BCUT2D eigenvalue weighted by Crippen LogP contribution is -2.38. The number of rotatable bonds is 7. The summed E-state index contributed by atoms with van der Waals surface area (Å²) in [6, 6.07) is 4.89. The molecule has 0 saturated heterocycles. The predicted octanol–water partition coefficient (Wildman–Crippen LogP) is 4.32. The van der Waals surface area contributed by atoms with E-state index in [1.165, 1.54) is 6.07 Å². The smallest absolute Gasteiger partial charge is 0.410 e.